The van der Waals surface area contributed by atoms with Gasteiger partial charge in [-0.25, -0.2) is 13.1 Å². The molecule has 11 heteroatoms. The maximum Gasteiger partial charge on any atom is 0.250 e. The zero-order valence-electron chi connectivity index (χ0n) is 14.7. The first-order valence-corrected chi connectivity index (χ1v) is 10.9. The van der Waals surface area contributed by atoms with E-state index in [1.807, 2.05) is 13.0 Å². The van der Waals surface area contributed by atoms with Crippen LogP contribution in [-0.2, 0) is 10.0 Å². The minimum absolute atomic E-state index is 0. The van der Waals surface area contributed by atoms with Gasteiger partial charge in [-0.1, -0.05) is 35.3 Å². The molecule has 1 heterocycles. The van der Waals surface area contributed by atoms with Crippen molar-refractivity contribution in [2.75, 3.05) is 20.1 Å². The smallest absolute Gasteiger partial charge is 0.250 e. The summed E-state index contributed by atoms with van der Waals surface area (Å²) in [5.74, 6) is 0.541. The summed E-state index contributed by atoms with van der Waals surface area (Å²) < 4.78 is 26.9. The van der Waals surface area contributed by atoms with Crippen molar-refractivity contribution in [3.8, 4) is 0 Å². The van der Waals surface area contributed by atoms with E-state index in [4.69, 9.17) is 23.2 Å². The maximum atomic E-state index is 12.0. The molecule has 0 bridgehead atoms. The van der Waals surface area contributed by atoms with Gasteiger partial charge in [0, 0.05) is 30.2 Å². The molecule has 3 N–H and O–H groups in total. The number of aliphatic imine (C=N–C) groups is 1. The zero-order chi connectivity index (χ0) is 19.2. The number of thiophene rings is 1. The first-order valence-electron chi connectivity index (χ1n) is 7.79. The molecule has 150 valence electrons. The second-order valence-corrected chi connectivity index (χ2v) is 9.15. The van der Waals surface area contributed by atoms with E-state index in [1.54, 1.807) is 36.7 Å². The van der Waals surface area contributed by atoms with Crippen molar-refractivity contribution < 1.29 is 8.42 Å². The quantitative estimate of drug-likeness (QED) is 0.207. The molecule has 1 unspecified atom stereocenters. The standard InChI is InChI=1S/C16H20Cl2N4O2S2.HI/c1-11(13-6-5-12(17)10-14(13)18)22-16(19-2)20-7-8-21-26(23,24)15-4-3-9-25-15;/h3-6,9-11,21H,7-8H2,1-2H3,(H2,19,20,22);1H. The van der Waals surface area contributed by atoms with Gasteiger partial charge in [-0.15, -0.1) is 35.3 Å². The molecule has 0 aliphatic carbocycles. The number of sulfonamides is 1. The highest BCUT2D eigenvalue weighted by atomic mass is 127. The summed E-state index contributed by atoms with van der Waals surface area (Å²) >= 11 is 13.3. The molecule has 0 aliphatic rings. The van der Waals surface area contributed by atoms with Gasteiger partial charge >= 0.3 is 0 Å². The minimum atomic E-state index is -3.46. The van der Waals surface area contributed by atoms with E-state index in [0.29, 0.717) is 26.8 Å². The Morgan fingerprint density at radius 1 is 1.26 bits per heavy atom. The molecule has 1 aromatic carbocycles. The second kappa shape index (κ2) is 11.4. The first kappa shape index (κ1) is 24.4. The Balaban J connectivity index is 0.00000364. The van der Waals surface area contributed by atoms with Gasteiger partial charge in [-0.05, 0) is 36.1 Å². The molecule has 0 fully saturated rings. The summed E-state index contributed by atoms with van der Waals surface area (Å²) in [6.45, 7) is 2.56. The summed E-state index contributed by atoms with van der Waals surface area (Å²) in [5.41, 5.74) is 0.886. The average Bonchev–Trinajstić information content (AvgIpc) is 3.13. The van der Waals surface area contributed by atoms with E-state index in [1.165, 1.54) is 11.3 Å². The number of benzene rings is 1. The van der Waals surface area contributed by atoms with E-state index >= 15 is 0 Å². The van der Waals surface area contributed by atoms with Crippen LogP contribution in [0.4, 0.5) is 0 Å². The lowest BCUT2D eigenvalue weighted by Crippen LogP contribution is -2.42. The Labute approximate surface area is 190 Å². The molecule has 2 rings (SSSR count). The number of hydrogen-bond acceptors (Lipinski definition) is 4. The highest BCUT2D eigenvalue weighted by Gasteiger charge is 2.15. The van der Waals surface area contributed by atoms with Crippen molar-refractivity contribution in [1.29, 1.82) is 0 Å². The van der Waals surface area contributed by atoms with Crippen LogP contribution in [-0.4, -0.2) is 34.5 Å². The zero-order valence-corrected chi connectivity index (χ0v) is 20.2. The lowest BCUT2D eigenvalue weighted by Gasteiger charge is -2.19. The van der Waals surface area contributed by atoms with Crippen LogP contribution in [0.2, 0.25) is 10.0 Å². The van der Waals surface area contributed by atoms with Crippen molar-refractivity contribution in [3.63, 3.8) is 0 Å². The van der Waals surface area contributed by atoms with E-state index in [2.05, 4.69) is 20.3 Å². The lowest BCUT2D eigenvalue weighted by atomic mass is 10.1. The molecular formula is C16H21Cl2IN4O2S2. The van der Waals surface area contributed by atoms with Gasteiger partial charge < -0.3 is 10.6 Å². The average molecular weight is 563 g/mol. The summed E-state index contributed by atoms with van der Waals surface area (Å²) in [5, 5.41) is 9.14. The van der Waals surface area contributed by atoms with Crippen molar-refractivity contribution in [1.82, 2.24) is 15.4 Å². The molecule has 27 heavy (non-hydrogen) atoms. The maximum absolute atomic E-state index is 12.0. The fraction of sp³-hybridized carbons (Fsp3) is 0.312. The third-order valence-electron chi connectivity index (χ3n) is 3.48. The predicted molar refractivity (Wildman–Crippen MR) is 124 cm³/mol. The molecule has 0 spiro atoms. The molecule has 2 aromatic rings. The Morgan fingerprint density at radius 3 is 2.59 bits per heavy atom. The van der Waals surface area contributed by atoms with Crippen LogP contribution < -0.4 is 15.4 Å². The van der Waals surface area contributed by atoms with Crippen LogP contribution in [0.5, 0.6) is 0 Å². The number of nitrogens with one attached hydrogen (secondary N) is 3. The molecule has 0 saturated heterocycles. The first-order chi connectivity index (χ1) is 12.3. The molecule has 6 nitrogen and oxygen atoms in total. The van der Waals surface area contributed by atoms with E-state index in [-0.39, 0.29) is 36.6 Å². The monoisotopic (exact) mass is 562 g/mol. The van der Waals surface area contributed by atoms with Crippen molar-refractivity contribution >= 4 is 74.5 Å². The van der Waals surface area contributed by atoms with Gasteiger partial charge in [0.25, 0.3) is 0 Å². The van der Waals surface area contributed by atoms with E-state index < -0.39 is 10.0 Å². The summed E-state index contributed by atoms with van der Waals surface area (Å²) in [4.78, 5) is 4.13. The van der Waals surface area contributed by atoms with Crippen LogP contribution in [0.25, 0.3) is 0 Å². The second-order valence-electron chi connectivity index (χ2n) is 5.36. The van der Waals surface area contributed by atoms with Crippen molar-refractivity contribution in [2.24, 2.45) is 4.99 Å². The molecular weight excluding hydrogens is 542 g/mol. The van der Waals surface area contributed by atoms with Gasteiger partial charge in [0.05, 0.1) is 6.04 Å². The minimum Gasteiger partial charge on any atom is -0.355 e. The highest BCUT2D eigenvalue weighted by molar-refractivity contribution is 14.0. The molecule has 1 aromatic heterocycles. The predicted octanol–water partition coefficient (Wildman–Crippen LogP) is 3.88. The molecule has 0 aliphatic heterocycles. The largest absolute Gasteiger partial charge is 0.355 e. The fourth-order valence-electron chi connectivity index (χ4n) is 2.18. The third kappa shape index (κ3) is 7.39. The highest BCUT2D eigenvalue weighted by Crippen LogP contribution is 2.25. The Morgan fingerprint density at radius 2 is 2.00 bits per heavy atom. The Hall–Kier alpha value is -0.590. The van der Waals surface area contributed by atoms with Gasteiger partial charge in [0.2, 0.25) is 10.0 Å². The summed E-state index contributed by atoms with van der Waals surface area (Å²) in [6.07, 6.45) is 0. The molecule has 0 amide bonds. The number of guanidine groups is 1. The van der Waals surface area contributed by atoms with Gasteiger partial charge in [-0.3, -0.25) is 4.99 Å². The van der Waals surface area contributed by atoms with Crippen LogP contribution in [0.15, 0.2) is 44.9 Å². The van der Waals surface area contributed by atoms with Crippen molar-refractivity contribution in [2.45, 2.75) is 17.2 Å². The summed E-state index contributed by atoms with van der Waals surface area (Å²) in [7, 11) is -1.82. The Kier molecular flexibility index (Phi) is 10.3. The Bertz CT molecular complexity index is 861. The SMILES string of the molecule is CN=C(NCCNS(=O)(=O)c1cccs1)NC(C)c1ccc(Cl)cc1Cl.I. The van der Waals surface area contributed by atoms with E-state index in [0.717, 1.165) is 5.56 Å². The lowest BCUT2D eigenvalue weighted by molar-refractivity contribution is 0.582. The van der Waals surface area contributed by atoms with Crippen LogP contribution in [0, 0.1) is 0 Å². The van der Waals surface area contributed by atoms with Crippen LogP contribution in [0.1, 0.15) is 18.5 Å². The van der Waals surface area contributed by atoms with Crippen molar-refractivity contribution in [3.05, 3.63) is 51.3 Å². The molecule has 1 atom stereocenters. The number of halogens is 3. The fourth-order valence-corrected chi connectivity index (χ4v) is 4.83. The summed E-state index contributed by atoms with van der Waals surface area (Å²) in [6, 6.07) is 8.48. The van der Waals surface area contributed by atoms with E-state index in [9.17, 15) is 8.42 Å². The topological polar surface area (TPSA) is 82.6 Å². The number of hydrogen-bond donors (Lipinski definition) is 3. The molecule has 0 saturated carbocycles. The van der Waals surface area contributed by atoms with Crippen LogP contribution in [0.3, 0.4) is 0 Å². The van der Waals surface area contributed by atoms with Gasteiger partial charge in [0.1, 0.15) is 4.21 Å². The van der Waals surface area contributed by atoms with Crippen LogP contribution >= 0.6 is 58.5 Å². The number of nitrogens with zero attached hydrogens (tertiary/aromatic N) is 1. The number of rotatable bonds is 7. The van der Waals surface area contributed by atoms with Gasteiger partial charge in [-0.2, -0.15) is 0 Å². The normalized spacial score (nSPS) is 13.0. The third-order valence-corrected chi connectivity index (χ3v) is 6.90. The molecule has 0 radical (unpaired) electrons. The van der Waals surface area contributed by atoms with Gasteiger partial charge in [0.15, 0.2) is 5.96 Å².